The predicted octanol–water partition coefficient (Wildman–Crippen LogP) is 2.09. The van der Waals surface area contributed by atoms with Gasteiger partial charge in [0.25, 0.3) is 0 Å². The summed E-state index contributed by atoms with van der Waals surface area (Å²) in [7, 11) is 1.35. The van der Waals surface area contributed by atoms with Crippen molar-refractivity contribution in [1.29, 1.82) is 0 Å². The molecule has 0 aromatic heterocycles. The Balaban J connectivity index is 1.85. The maximum Gasteiger partial charge on any atom is 0.337 e. The minimum atomic E-state index is -0.366. The summed E-state index contributed by atoms with van der Waals surface area (Å²) in [4.78, 5) is 25.7. The van der Waals surface area contributed by atoms with Crippen molar-refractivity contribution < 1.29 is 14.3 Å². The van der Waals surface area contributed by atoms with Crippen LogP contribution in [0.15, 0.2) is 30.3 Å². The molecule has 1 saturated heterocycles. The quantitative estimate of drug-likeness (QED) is 0.667. The van der Waals surface area contributed by atoms with Crippen molar-refractivity contribution in [3.63, 3.8) is 0 Å². The van der Waals surface area contributed by atoms with Gasteiger partial charge in [-0.05, 0) is 44.0 Å². The van der Waals surface area contributed by atoms with E-state index in [0.717, 1.165) is 25.1 Å². The Morgan fingerprint density at radius 1 is 1.30 bits per heavy atom. The average Bonchev–Trinajstić information content (AvgIpc) is 3.01. The smallest absolute Gasteiger partial charge is 0.337 e. The van der Waals surface area contributed by atoms with Crippen molar-refractivity contribution in [3.8, 4) is 0 Å². The highest BCUT2D eigenvalue weighted by Crippen LogP contribution is 2.12. The van der Waals surface area contributed by atoms with Gasteiger partial charge in [-0.3, -0.25) is 9.69 Å². The van der Waals surface area contributed by atoms with Crippen LogP contribution in [-0.2, 0) is 9.53 Å². The average molecular weight is 316 g/mol. The number of amides is 1. The van der Waals surface area contributed by atoms with Crippen molar-refractivity contribution in [1.82, 2.24) is 10.2 Å². The van der Waals surface area contributed by atoms with E-state index >= 15 is 0 Å². The van der Waals surface area contributed by atoms with Crippen LogP contribution in [0.5, 0.6) is 0 Å². The minimum absolute atomic E-state index is 0.0855. The highest BCUT2D eigenvalue weighted by molar-refractivity contribution is 5.92. The van der Waals surface area contributed by atoms with Gasteiger partial charge in [0.2, 0.25) is 5.91 Å². The zero-order valence-corrected chi connectivity index (χ0v) is 13.9. The number of hydrogen-bond acceptors (Lipinski definition) is 4. The first-order valence-corrected chi connectivity index (χ1v) is 7.90. The zero-order chi connectivity index (χ0) is 16.8. The van der Waals surface area contributed by atoms with Gasteiger partial charge in [0.1, 0.15) is 0 Å². The molecule has 1 aromatic carbocycles. The van der Waals surface area contributed by atoms with E-state index in [9.17, 15) is 9.59 Å². The van der Waals surface area contributed by atoms with Gasteiger partial charge in [-0.15, -0.1) is 0 Å². The number of esters is 1. The van der Waals surface area contributed by atoms with Crippen LogP contribution in [0.25, 0.3) is 6.08 Å². The van der Waals surface area contributed by atoms with E-state index in [2.05, 4.69) is 28.8 Å². The zero-order valence-electron chi connectivity index (χ0n) is 13.9. The summed E-state index contributed by atoms with van der Waals surface area (Å²) in [5.41, 5.74) is 1.36. The summed E-state index contributed by atoms with van der Waals surface area (Å²) in [6.07, 6.45) is 4.27. The molecule has 1 N–H and O–H groups in total. The summed E-state index contributed by atoms with van der Waals surface area (Å²) < 4.78 is 4.65. The first kappa shape index (κ1) is 17.2. The Kier molecular flexibility index (Phi) is 5.93. The third-order valence-corrected chi connectivity index (χ3v) is 4.06. The molecule has 5 nitrogen and oxygen atoms in total. The molecule has 1 aromatic rings. The van der Waals surface area contributed by atoms with Crippen molar-refractivity contribution in [2.45, 2.75) is 32.4 Å². The van der Waals surface area contributed by atoms with Crippen LogP contribution >= 0.6 is 0 Å². The molecule has 23 heavy (non-hydrogen) atoms. The Morgan fingerprint density at radius 2 is 2.00 bits per heavy atom. The van der Waals surface area contributed by atoms with E-state index in [4.69, 9.17) is 0 Å². The Bertz CT molecular complexity index is 578. The molecule has 1 amide bonds. The van der Waals surface area contributed by atoms with Crippen molar-refractivity contribution in [3.05, 3.63) is 41.5 Å². The van der Waals surface area contributed by atoms with Gasteiger partial charge in [0.05, 0.1) is 12.7 Å². The lowest BCUT2D eigenvalue weighted by atomic mass is 10.1. The number of carbonyl (C=O) groups excluding carboxylic acids is 2. The van der Waals surface area contributed by atoms with Gasteiger partial charge in [0, 0.05) is 31.2 Å². The van der Waals surface area contributed by atoms with Crippen molar-refractivity contribution in [2.75, 3.05) is 20.2 Å². The van der Waals surface area contributed by atoms with E-state index < -0.39 is 0 Å². The van der Waals surface area contributed by atoms with Gasteiger partial charge >= 0.3 is 5.97 Å². The lowest BCUT2D eigenvalue weighted by Gasteiger charge is -2.20. The molecule has 1 aliphatic rings. The molecule has 1 atom stereocenters. The normalized spacial score (nSPS) is 18.5. The molecule has 1 fully saturated rings. The fourth-order valence-corrected chi connectivity index (χ4v) is 2.64. The maximum absolute atomic E-state index is 12.0. The summed E-state index contributed by atoms with van der Waals surface area (Å²) in [6.45, 7) is 6.27. The molecule has 124 valence electrons. The number of ether oxygens (including phenoxy) is 1. The lowest BCUT2D eigenvalue weighted by Crippen LogP contribution is -2.37. The van der Waals surface area contributed by atoms with Crippen LogP contribution in [0.2, 0.25) is 0 Å². The summed E-state index contributed by atoms with van der Waals surface area (Å²) >= 11 is 0. The number of methoxy groups -OCH3 is 1. The van der Waals surface area contributed by atoms with Crippen LogP contribution in [0.3, 0.4) is 0 Å². The third-order valence-electron chi connectivity index (χ3n) is 4.06. The number of benzene rings is 1. The Hall–Kier alpha value is -2.14. The largest absolute Gasteiger partial charge is 0.465 e. The maximum atomic E-state index is 12.0. The summed E-state index contributed by atoms with van der Waals surface area (Å²) in [5, 5.41) is 3.03. The van der Waals surface area contributed by atoms with Gasteiger partial charge < -0.3 is 10.1 Å². The molecule has 1 aliphatic heterocycles. The minimum Gasteiger partial charge on any atom is -0.465 e. The third kappa shape index (κ3) is 4.93. The van der Waals surface area contributed by atoms with Crippen LogP contribution in [-0.4, -0.2) is 49.1 Å². The molecule has 0 aliphatic carbocycles. The second kappa shape index (κ2) is 7.92. The monoisotopic (exact) mass is 316 g/mol. The van der Waals surface area contributed by atoms with E-state index in [1.165, 1.54) is 13.2 Å². The standard InChI is InChI=1S/C18H24N2O3/c1-13(2)20-11-10-16(12-20)19-17(21)9-6-14-4-7-15(8-5-14)18(22)23-3/h4-9,13,16H,10-12H2,1-3H3,(H,19,21)/b9-6+/t16-/m0/s1. The van der Waals surface area contributed by atoms with Gasteiger partial charge in [-0.25, -0.2) is 4.79 Å². The molecule has 5 heteroatoms. The topological polar surface area (TPSA) is 58.6 Å². The van der Waals surface area contributed by atoms with Crippen LogP contribution in [0, 0.1) is 0 Å². The number of likely N-dealkylation sites (tertiary alicyclic amines) is 1. The van der Waals surface area contributed by atoms with Gasteiger partial charge in [0.15, 0.2) is 0 Å². The van der Waals surface area contributed by atoms with E-state index in [0.29, 0.717) is 11.6 Å². The highest BCUT2D eigenvalue weighted by Gasteiger charge is 2.24. The number of hydrogen-bond donors (Lipinski definition) is 1. The first-order valence-electron chi connectivity index (χ1n) is 7.90. The van der Waals surface area contributed by atoms with Crippen LogP contribution in [0.1, 0.15) is 36.2 Å². The van der Waals surface area contributed by atoms with Crippen molar-refractivity contribution >= 4 is 18.0 Å². The van der Waals surface area contributed by atoms with Gasteiger partial charge in [-0.1, -0.05) is 12.1 Å². The number of nitrogens with zero attached hydrogens (tertiary/aromatic N) is 1. The molecule has 0 saturated carbocycles. The first-order chi connectivity index (χ1) is 11.0. The predicted molar refractivity (Wildman–Crippen MR) is 90.1 cm³/mol. The Morgan fingerprint density at radius 3 is 2.57 bits per heavy atom. The summed E-state index contributed by atoms with van der Waals surface area (Å²) in [5.74, 6) is -0.452. The summed E-state index contributed by atoms with van der Waals surface area (Å²) in [6, 6.07) is 7.66. The van der Waals surface area contributed by atoms with Crippen LogP contribution < -0.4 is 5.32 Å². The SMILES string of the molecule is COC(=O)c1ccc(/C=C/C(=O)N[C@H]2CCN(C(C)C)C2)cc1. The number of nitrogens with one attached hydrogen (secondary N) is 1. The molecule has 0 bridgehead atoms. The fraction of sp³-hybridized carbons (Fsp3) is 0.444. The van der Waals surface area contributed by atoms with E-state index in [1.54, 1.807) is 30.3 Å². The van der Waals surface area contributed by atoms with Crippen LogP contribution in [0.4, 0.5) is 0 Å². The molecule has 1 heterocycles. The molecule has 0 spiro atoms. The second-order valence-electron chi connectivity index (χ2n) is 6.03. The second-order valence-corrected chi connectivity index (χ2v) is 6.03. The van der Waals surface area contributed by atoms with E-state index in [-0.39, 0.29) is 17.9 Å². The van der Waals surface area contributed by atoms with Crippen molar-refractivity contribution in [2.24, 2.45) is 0 Å². The Labute approximate surface area is 137 Å². The number of rotatable bonds is 5. The molecular weight excluding hydrogens is 292 g/mol. The molecule has 2 rings (SSSR count). The molecule has 0 unspecified atom stereocenters. The fourth-order valence-electron chi connectivity index (χ4n) is 2.64. The van der Waals surface area contributed by atoms with Gasteiger partial charge in [-0.2, -0.15) is 0 Å². The highest BCUT2D eigenvalue weighted by atomic mass is 16.5. The van der Waals surface area contributed by atoms with E-state index in [1.807, 2.05) is 0 Å². The lowest BCUT2D eigenvalue weighted by molar-refractivity contribution is -0.117. The molecule has 0 radical (unpaired) electrons. The number of carbonyl (C=O) groups is 2. The molecular formula is C18H24N2O3.